The number of carbonyl (C=O) groups is 1. The zero-order valence-corrected chi connectivity index (χ0v) is 18.0. The Labute approximate surface area is 176 Å². The van der Waals surface area contributed by atoms with Crippen molar-refractivity contribution >= 4 is 39.6 Å². The summed E-state index contributed by atoms with van der Waals surface area (Å²) >= 11 is 4.85. The number of aromatic nitrogens is 1. The Morgan fingerprint density at radius 1 is 1.43 bits per heavy atom. The van der Waals surface area contributed by atoms with Gasteiger partial charge < -0.3 is 9.64 Å². The highest BCUT2D eigenvalue weighted by Gasteiger charge is 2.27. The standard InChI is InChI=1S/C20H19BrN4O2S/c1-3-27-18(26)8-14-10-25(2)12-23-19(14)16(9-22)20-24-17(11-28-20)13-4-6-15(21)7-5-13/h4-7,11-12,16H,3,8,10H2,1-2H3. The predicted molar refractivity (Wildman–Crippen MR) is 113 cm³/mol. The zero-order valence-electron chi connectivity index (χ0n) is 15.6. The van der Waals surface area contributed by atoms with Gasteiger partial charge in [0.05, 0.1) is 36.8 Å². The van der Waals surface area contributed by atoms with Crippen LogP contribution in [-0.2, 0) is 9.53 Å². The summed E-state index contributed by atoms with van der Waals surface area (Å²) in [7, 11) is 1.88. The molecule has 0 fully saturated rings. The summed E-state index contributed by atoms with van der Waals surface area (Å²) < 4.78 is 6.07. The summed E-state index contributed by atoms with van der Waals surface area (Å²) in [6.07, 6.45) is 1.80. The number of hydrogen-bond donors (Lipinski definition) is 0. The van der Waals surface area contributed by atoms with Crippen molar-refractivity contribution in [1.82, 2.24) is 9.88 Å². The predicted octanol–water partition coefficient (Wildman–Crippen LogP) is 4.36. The lowest BCUT2D eigenvalue weighted by atomic mass is 9.99. The van der Waals surface area contributed by atoms with Crippen LogP contribution in [0.1, 0.15) is 24.3 Å². The Balaban J connectivity index is 1.92. The Kier molecular flexibility index (Phi) is 6.60. The lowest BCUT2D eigenvalue weighted by molar-refractivity contribution is -0.142. The molecule has 1 unspecified atom stereocenters. The number of hydrogen-bond acceptors (Lipinski definition) is 7. The van der Waals surface area contributed by atoms with Crippen LogP contribution in [0.25, 0.3) is 11.3 Å². The molecule has 2 aromatic rings. The molecular weight excluding hydrogens is 440 g/mol. The largest absolute Gasteiger partial charge is 0.466 e. The van der Waals surface area contributed by atoms with E-state index in [0.717, 1.165) is 21.3 Å². The van der Waals surface area contributed by atoms with E-state index in [0.29, 0.717) is 23.9 Å². The van der Waals surface area contributed by atoms with Crippen LogP contribution in [0.4, 0.5) is 0 Å². The van der Waals surface area contributed by atoms with Crippen LogP contribution in [0.15, 0.2) is 50.4 Å². The van der Waals surface area contributed by atoms with E-state index in [1.165, 1.54) is 11.3 Å². The number of halogens is 1. The second-order valence-electron chi connectivity index (χ2n) is 6.27. The van der Waals surface area contributed by atoms with Gasteiger partial charge in [0.25, 0.3) is 0 Å². The molecule has 0 amide bonds. The maximum absolute atomic E-state index is 12.0. The molecule has 144 valence electrons. The van der Waals surface area contributed by atoms with E-state index >= 15 is 0 Å². The molecule has 28 heavy (non-hydrogen) atoms. The van der Waals surface area contributed by atoms with Crippen molar-refractivity contribution < 1.29 is 9.53 Å². The summed E-state index contributed by atoms with van der Waals surface area (Å²) in [5.41, 5.74) is 3.17. The van der Waals surface area contributed by atoms with Gasteiger partial charge in [-0.25, -0.2) is 9.98 Å². The number of benzene rings is 1. The van der Waals surface area contributed by atoms with Gasteiger partial charge in [-0.2, -0.15) is 5.26 Å². The van der Waals surface area contributed by atoms with Gasteiger partial charge in [-0.05, 0) is 24.6 Å². The maximum Gasteiger partial charge on any atom is 0.310 e. The molecule has 6 nitrogen and oxygen atoms in total. The van der Waals surface area contributed by atoms with Gasteiger partial charge in [0.1, 0.15) is 10.9 Å². The second kappa shape index (κ2) is 9.13. The Bertz CT molecular complexity index is 959. The van der Waals surface area contributed by atoms with Gasteiger partial charge in [-0.1, -0.05) is 28.1 Å². The van der Waals surface area contributed by atoms with Crippen LogP contribution in [-0.4, -0.2) is 42.4 Å². The number of thiazole rings is 1. The Morgan fingerprint density at radius 2 is 2.18 bits per heavy atom. The van der Waals surface area contributed by atoms with E-state index in [1.54, 1.807) is 13.3 Å². The number of likely N-dealkylation sites (N-methyl/N-ethyl adjacent to an activating group) is 1. The molecule has 0 radical (unpaired) electrons. The van der Waals surface area contributed by atoms with Crippen molar-refractivity contribution in [3.05, 3.63) is 50.4 Å². The number of carbonyl (C=O) groups excluding carboxylic acids is 1. The molecule has 8 heteroatoms. The van der Waals surface area contributed by atoms with Crippen LogP contribution in [0.2, 0.25) is 0 Å². The summed E-state index contributed by atoms with van der Waals surface area (Å²) in [4.78, 5) is 23.0. The van der Waals surface area contributed by atoms with Gasteiger partial charge in [0, 0.05) is 29.0 Å². The minimum atomic E-state index is -0.622. The van der Waals surface area contributed by atoms with Gasteiger partial charge in [-0.3, -0.25) is 4.79 Å². The number of esters is 1. The quantitative estimate of drug-likeness (QED) is 0.600. The zero-order chi connectivity index (χ0) is 20.1. The molecule has 1 aliphatic heterocycles. The van der Waals surface area contributed by atoms with Crippen molar-refractivity contribution in [2.75, 3.05) is 20.2 Å². The fraction of sp³-hybridized carbons (Fsp3) is 0.300. The monoisotopic (exact) mass is 458 g/mol. The molecule has 1 aliphatic rings. The molecule has 0 saturated heterocycles. The number of allylic oxidation sites excluding steroid dienone is 1. The molecule has 0 bridgehead atoms. The first kappa shape index (κ1) is 20.2. The van der Waals surface area contributed by atoms with E-state index in [4.69, 9.17) is 4.74 Å². The lowest BCUT2D eigenvalue weighted by Crippen LogP contribution is -2.26. The van der Waals surface area contributed by atoms with Gasteiger partial charge in [-0.15, -0.1) is 11.3 Å². The van der Waals surface area contributed by atoms with Crippen LogP contribution in [0, 0.1) is 11.3 Å². The third-order valence-corrected chi connectivity index (χ3v) is 5.61. The maximum atomic E-state index is 12.0. The number of nitriles is 1. The highest BCUT2D eigenvalue weighted by molar-refractivity contribution is 9.10. The highest BCUT2D eigenvalue weighted by atomic mass is 79.9. The van der Waals surface area contributed by atoms with Crippen LogP contribution >= 0.6 is 27.3 Å². The first-order chi connectivity index (χ1) is 13.5. The van der Waals surface area contributed by atoms with Crippen LogP contribution < -0.4 is 0 Å². The average molecular weight is 459 g/mol. The Morgan fingerprint density at radius 3 is 2.86 bits per heavy atom. The first-order valence-corrected chi connectivity index (χ1v) is 10.4. The molecule has 1 aromatic carbocycles. The van der Waals surface area contributed by atoms with Crippen LogP contribution in [0.3, 0.4) is 0 Å². The van der Waals surface area contributed by atoms with Crippen molar-refractivity contribution in [2.24, 2.45) is 4.99 Å². The minimum Gasteiger partial charge on any atom is -0.466 e. The fourth-order valence-corrected chi connectivity index (χ4v) is 4.03. The Hall–Kier alpha value is -2.50. The van der Waals surface area contributed by atoms with Crippen LogP contribution in [0.5, 0.6) is 0 Å². The molecular formula is C20H19BrN4O2S. The number of rotatable bonds is 6. The molecule has 0 aliphatic carbocycles. The SMILES string of the molecule is CCOC(=O)CC1=C(C(C#N)c2nc(-c3ccc(Br)cc3)cs2)N=CN(C)C1. The minimum absolute atomic E-state index is 0.119. The van der Waals surface area contributed by atoms with E-state index in [-0.39, 0.29) is 12.4 Å². The fourth-order valence-electron chi connectivity index (χ4n) is 2.89. The summed E-state index contributed by atoms with van der Waals surface area (Å²) in [5.74, 6) is -0.935. The summed E-state index contributed by atoms with van der Waals surface area (Å²) in [6.45, 7) is 2.63. The second-order valence-corrected chi connectivity index (χ2v) is 8.08. The molecule has 1 aromatic heterocycles. The third-order valence-electron chi connectivity index (χ3n) is 4.17. The normalized spacial score (nSPS) is 14.7. The molecule has 2 heterocycles. The molecule has 0 N–H and O–H groups in total. The summed E-state index contributed by atoms with van der Waals surface area (Å²) in [5, 5.41) is 12.4. The van der Waals surface area contributed by atoms with E-state index in [2.05, 4.69) is 32.0 Å². The average Bonchev–Trinajstić information content (AvgIpc) is 3.14. The first-order valence-electron chi connectivity index (χ1n) is 8.74. The number of ether oxygens (including phenoxy) is 1. The van der Waals surface area contributed by atoms with Crippen molar-refractivity contribution in [2.45, 2.75) is 19.3 Å². The number of aliphatic imine (C=N–C) groups is 1. The lowest BCUT2D eigenvalue weighted by Gasteiger charge is -2.24. The van der Waals surface area contributed by atoms with Crippen molar-refractivity contribution in [3.8, 4) is 17.3 Å². The topological polar surface area (TPSA) is 78.6 Å². The van der Waals surface area contributed by atoms with Gasteiger partial charge in [0.2, 0.25) is 0 Å². The molecule has 0 saturated carbocycles. The van der Waals surface area contributed by atoms with Crippen molar-refractivity contribution in [3.63, 3.8) is 0 Å². The van der Waals surface area contributed by atoms with E-state index < -0.39 is 5.92 Å². The van der Waals surface area contributed by atoms with Gasteiger partial charge >= 0.3 is 5.97 Å². The van der Waals surface area contributed by atoms with Crippen molar-refractivity contribution in [1.29, 1.82) is 5.26 Å². The summed E-state index contributed by atoms with van der Waals surface area (Å²) in [6, 6.07) is 10.2. The molecule has 1 atom stereocenters. The molecule has 0 spiro atoms. The van der Waals surface area contributed by atoms with E-state index in [9.17, 15) is 10.1 Å². The highest BCUT2D eigenvalue weighted by Crippen LogP contribution is 2.34. The number of nitrogens with zero attached hydrogens (tertiary/aromatic N) is 4. The van der Waals surface area contributed by atoms with E-state index in [1.807, 2.05) is 41.6 Å². The third kappa shape index (κ3) is 4.66. The van der Waals surface area contributed by atoms with Gasteiger partial charge in [0.15, 0.2) is 0 Å². The smallest absolute Gasteiger partial charge is 0.310 e. The molecule has 3 rings (SSSR count).